The van der Waals surface area contributed by atoms with Gasteiger partial charge in [-0.3, -0.25) is 4.79 Å². The molecule has 1 aliphatic heterocycles. The van der Waals surface area contributed by atoms with Crippen molar-refractivity contribution in [2.45, 2.75) is 51.6 Å². The molecule has 0 spiro atoms. The summed E-state index contributed by atoms with van der Waals surface area (Å²) in [4.78, 5) is 25.3. The minimum Gasteiger partial charge on any atom is -0.480 e. The zero-order valence-electron chi connectivity index (χ0n) is 12.9. The molecule has 0 aromatic rings. The van der Waals surface area contributed by atoms with E-state index in [9.17, 15) is 23.1 Å². The first kappa shape index (κ1) is 17.9. The van der Waals surface area contributed by atoms with Crippen LogP contribution in [0.5, 0.6) is 0 Å². The highest BCUT2D eigenvalue weighted by atomic mass is 32.2. The largest absolute Gasteiger partial charge is 0.480 e. The second-order valence-electron chi connectivity index (χ2n) is 6.24. The van der Waals surface area contributed by atoms with Crippen molar-refractivity contribution in [2.24, 2.45) is 5.92 Å². The number of carboxylic acids is 1. The van der Waals surface area contributed by atoms with Crippen LogP contribution in [0.4, 0.5) is 0 Å². The molecule has 2 atom stereocenters. The predicted molar refractivity (Wildman–Crippen MR) is 78.2 cm³/mol. The van der Waals surface area contributed by atoms with Gasteiger partial charge in [0, 0.05) is 6.54 Å². The normalized spacial score (nSPS) is 24.3. The van der Waals surface area contributed by atoms with Crippen molar-refractivity contribution in [3.05, 3.63) is 0 Å². The SMILES string of the molecule is CC(C)CC(NS(C)(=O)=O)C(=O)N1CCCC1(C)C(=O)O. The number of nitrogens with one attached hydrogen (secondary N) is 1. The number of aliphatic carboxylic acids is 1. The van der Waals surface area contributed by atoms with E-state index in [-0.39, 0.29) is 5.92 Å². The molecule has 2 N–H and O–H groups in total. The highest BCUT2D eigenvalue weighted by Gasteiger charge is 2.47. The van der Waals surface area contributed by atoms with Gasteiger partial charge in [-0.2, -0.15) is 0 Å². The van der Waals surface area contributed by atoms with E-state index < -0.39 is 33.5 Å². The van der Waals surface area contributed by atoms with Crippen LogP contribution in [0.25, 0.3) is 0 Å². The molecular formula is C13H24N2O5S. The number of carboxylic acid groups (broad SMARTS) is 1. The molecule has 0 saturated carbocycles. The Bertz CT molecular complexity index is 517. The monoisotopic (exact) mass is 320 g/mol. The second kappa shape index (κ2) is 6.31. The Labute approximate surface area is 125 Å². The summed E-state index contributed by atoms with van der Waals surface area (Å²) in [5.41, 5.74) is -1.26. The lowest BCUT2D eigenvalue weighted by atomic mass is 9.97. The van der Waals surface area contributed by atoms with E-state index >= 15 is 0 Å². The molecule has 1 fully saturated rings. The Balaban J connectivity index is 3.02. The average Bonchev–Trinajstić information content (AvgIpc) is 2.68. The van der Waals surface area contributed by atoms with E-state index in [0.717, 1.165) is 6.26 Å². The molecule has 1 amide bonds. The fraction of sp³-hybridized carbons (Fsp3) is 0.846. The number of sulfonamides is 1. The van der Waals surface area contributed by atoms with Gasteiger partial charge in [0.1, 0.15) is 11.6 Å². The van der Waals surface area contributed by atoms with E-state index in [4.69, 9.17) is 0 Å². The molecule has 2 unspecified atom stereocenters. The van der Waals surface area contributed by atoms with Crippen LogP contribution in [0.3, 0.4) is 0 Å². The zero-order valence-corrected chi connectivity index (χ0v) is 13.7. The number of hydrogen-bond acceptors (Lipinski definition) is 4. The number of rotatable bonds is 6. The van der Waals surface area contributed by atoms with Gasteiger partial charge in [0.15, 0.2) is 0 Å². The number of likely N-dealkylation sites (tertiary alicyclic amines) is 1. The third kappa shape index (κ3) is 4.41. The Kier molecular flexibility index (Phi) is 5.38. The first-order valence-electron chi connectivity index (χ1n) is 6.99. The minimum absolute atomic E-state index is 0.104. The molecule has 7 nitrogen and oxygen atoms in total. The maximum Gasteiger partial charge on any atom is 0.329 e. The zero-order chi connectivity index (χ0) is 16.4. The van der Waals surface area contributed by atoms with Gasteiger partial charge >= 0.3 is 5.97 Å². The minimum atomic E-state index is -3.55. The molecule has 1 aliphatic rings. The van der Waals surface area contributed by atoms with Crippen LogP contribution < -0.4 is 4.72 Å². The van der Waals surface area contributed by atoms with E-state index in [1.165, 1.54) is 11.8 Å². The van der Waals surface area contributed by atoms with Crippen LogP contribution in [-0.4, -0.2) is 54.7 Å². The van der Waals surface area contributed by atoms with Crippen LogP contribution in [0.15, 0.2) is 0 Å². The lowest BCUT2D eigenvalue weighted by molar-refractivity contribution is -0.156. The van der Waals surface area contributed by atoms with E-state index in [2.05, 4.69) is 4.72 Å². The summed E-state index contributed by atoms with van der Waals surface area (Å²) in [6.45, 7) is 5.60. The van der Waals surface area contributed by atoms with Crippen LogP contribution in [0, 0.1) is 5.92 Å². The Morgan fingerprint density at radius 1 is 1.38 bits per heavy atom. The predicted octanol–water partition coefficient (Wildman–Crippen LogP) is 0.416. The molecule has 1 rings (SSSR count). The fourth-order valence-corrected chi connectivity index (χ4v) is 3.37. The van der Waals surface area contributed by atoms with Gasteiger partial charge in [0.05, 0.1) is 6.26 Å². The standard InChI is InChI=1S/C13H24N2O5S/c1-9(2)8-10(14-21(4,19)20)11(16)15-7-5-6-13(15,3)12(17)18/h9-10,14H,5-8H2,1-4H3,(H,17,18). The van der Waals surface area contributed by atoms with Gasteiger partial charge in [0.25, 0.3) is 0 Å². The highest BCUT2D eigenvalue weighted by molar-refractivity contribution is 7.88. The quantitative estimate of drug-likeness (QED) is 0.738. The number of nitrogens with zero attached hydrogens (tertiary/aromatic N) is 1. The number of carbonyl (C=O) groups excluding carboxylic acids is 1. The molecule has 1 saturated heterocycles. The van der Waals surface area contributed by atoms with Crippen LogP contribution in [0.2, 0.25) is 0 Å². The smallest absolute Gasteiger partial charge is 0.329 e. The Morgan fingerprint density at radius 3 is 2.38 bits per heavy atom. The average molecular weight is 320 g/mol. The van der Waals surface area contributed by atoms with Crippen molar-refractivity contribution >= 4 is 21.9 Å². The fourth-order valence-electron chi connectivity index (χ4n) is 2.66. The highest BCUT2D eigenvalue weighted by Crippen LogP contribution is 2.30. The van der Waals surface area contributed by atoms with Crippen molar-refractivity contribution in [3.63, 3.8) is 0 Å². The molecule has 0 bridgehead atoms. The molecule has 122 valence electrons. The lowest BCUT2D eigenvalue weighted by Crippen LogP contribution is -2.57. The summed E-state index contributed by atoms with van der Waals surface area (Å²) < 4.78 is 25.2. The van der Waals surface area contributed by atoms with Gasteiger partial charge in [-0.05, 0) is 32.1 Å². The van der Waals surface area contributed by atoms with Crippen molar-refractivity contribution in [1.29, 1.82) is 0 Å². The maximum atomic E-state index is 12.6. The van der Waals surface area contributed by atoms with Gasteiger partial charge in [-0.1, -0.05) is 13.8 Å². The second-order valence-corrected chi connectivity index (χ2v) is 8.02. The summed E-state index contributed by atoms with van der Waals surface area (Å²) in [6, 6.07) is -0.920. The lowest BCUT2D eigenvalue weighted by Gasteiger charge is -2.34. The summed E-state index contributed by atoms with van der Waals surface area (Å²) >= 11 is 0. The number of amides is 1. The van der Waals surface area contributed by atoms with Gasteiger partial charge in [-0.25, -0.2) is 17.9 Å². The molecule has 21 heavy (non-hydrogen) atoms. The first-order valence-corrected chi connectivity index (χ1v) is 8.88. The Hall–Kier alpha value is -1.15. The van der Waals surface area contributed by atoms with Crippen molar-refractivity contribution < 1.29 is 23.1 Å². The van der Waals surface area contributed by atoms with Crippen LogP contribution in [-0.2, 0) is 19.6 Å². The number of hydrogen-bond donors (Lipinski definition) is 2. The molecule has 0 aromatic heterocycles. The summed E-state index contributed by atoms with van der Waals surface area (Å²) in [6.07, 6.45) is 2.30. The molecule has 8 heteroatoms. The topological polar surface area (TPSA) is 104 Å². The third-order valence-electron chi connectivity index (χ3n) is 3.73. The van der Waals surface area contributed by atoms with E-state index in [0.29, 0.717) is 25.8 Å². The van der Waals surface area contributed by atoms with Crippen molar-refractivity contribution in [3.8, 4) is 0 Å². The van der Waals surface area contributed by atoms with Crippen molar-refractivity contribution in [1.82, 2.24) is 9.62 Å². The first-order chi connectivity index (χ1) is 9.47. The number of carbonyl (C=O) groups is 2. The third-order valence-corrected chi connectivity index (χ3v) is 4.44. The molecule has 0 radical (unpaired) electrons. The van der Waals surface area contributed by atoms with E-state index in [1.807, 2.05) is 13.8 Å². The molecular weight excluding hydrogens is 296 g/mol. The van der Waals surface area contributed by atoms with Crippen molar-refractivity contribution in [2.75, 3.05) is 12.8 Å². The summed E-state index contributed by atoms with van der Waals surface area (Å²) in [5.74, 6) is -1.42. The maximum absolute atomic E-state index is 12.6. The summed E-state index contributed by atoms with van der Waals surface area (Å²) in [5, 5.41) is 9.36. The molecule has 0 aliphatic carbocycles. The van der Waals surface area contributed by atoms with Crippen LogP contribution in [0.1, 0.15) is 40.0 Å². The van der Waals surface area contributed by atoms with Gasteiger partial charge in [-0.15, -0.1) is 0 Å². The van der Waals surface area contributed by atoms with Gasteiger partial charge in [0.2, 0.25) is 15.9 Å². The van der Waals surface area contributed by atoms with E-state index in [1.54, 1.807) is 0 Å². The molecule has 1 heterocycles. The Morgan fingerprint density at radius 2 is 1.95 bits per heavy atom. The summed E-state index contributed by atoms with van der Waals surface area (Å²) in [7, 11) is -3.55. The van der Waals surface area contributed by atoms with Crippen LogP contribution >= 0.6 is 0 Å². The molecule has 0 aromatic carbocycles. The van der Waals surface area contributed by atoms with Gasteiger partial charge < -0.3 is 10.0 Å².